The van der Waals surface area contributed by atoms with E-state index >= 15 is 0 Å². The van der Waals surface area contributed by atoms with E-state index in [2.05, 4.69) is 26.1 Å². The lowest BCUT2D eigenvalue weighted by molar-refractivity contribution is -0.139. The van der Waals surface area contributed by atoms with Crippen molar-refractivity contribution in [3.8, 4) is 0 Å². The molecule has 1 N–H and O–H groups in total. The Morgan fingerprint density at radius 3 is 2.77 bits per heavy atom. The van der Waals surface area contributed by atoms with E-state index in [0.717, 1.165) is 0 Å². The summed E-state index contributed by atoms with van der Waals surface area (Å²) in [5.41, 5.74) is 3.01. The maximum atomic E-state index is 11.0. The van der Waals surface area contributed by atoms with E-state index in [1.54, 1.807) is 4.68 Å². The van der Waals surface area contributed by atoms with E-state index in [1.807, 2.05) is 24.5 Å². The number of nitrogens with zero attached hydrogens (tertiary/aromatic N) is 1. The third-order valence-corrected chi connectivity index (χ3v) is 2.21. The summed E-state index contributed by atoms with van der Waals surface area (Å²) in [5.74, 6) is -0.278. The van der Waals surface area contributed by atoms with Crippen LogP contribution < -0.4 is 5.43 Å². The van der Waals surface area contributed by atoms with Crippen molar-refractivity contribution in [1.82, 2.24) is 4.68 Å². The average Bonchev–Trinajstić information content (AvgIpc) is 2.65. The highest BCUT2D eigenvalue weighted by Gasteiger charge is 2.13. The molecule has 1 aromatic rings. The van der Waals surface area contributed by atoms with E-state index in [1.165, 1.54) is 7.11 Å². The van der Waals surface area contributed by atoms with Crippen molar-refractivity contribution in [3.05, 3.63) is 24.5 Å². The maximum absolute atomic E-state index is 11.0. The van der Waals surface area contributed by atoms with Gasteiger partial charge in [-0.15, -0.1) is 0 Å². The first-order valence-corrected chi connectivity index (χ1v) is 4.74. The predicted molar refractivity (Wildman–Crippen MR) is 53.4 cm³/mol. The van der Waals surface area contributed by atoms with Gasteiger partial charge in [-0.2, -0.15) is 0 Å². The van der Waals surface area contributed by atoms with Crippen LogP contribution in [0.3, 0.4) is 0 Å². The molecular formula is C8H11BrN2O2. The van der Waals surface area contributed by atoms with Gasteiger partial charge in [0.2, 0.25) is 0 Å². The molecule has 0 fully saturated rings. The molecule has 4 nitrogen and oxygen atoms in total. The fourth-order valence-corrected chi connectivity index (χ4v) is 1.17. The monoisotopic (exact) mass is 246 g/mol. The van der Waals surface area contributed by atoms with Crippen molar-refractivity contribution in [2.24, 2.45) is 0 Å². The van der Waals surface area contributed by atoms with Gasteiger partial charge in [0, 0.05) is 12.4 Å². The molecule has 0 amide bonds. The Morgan fingerprint density at radius 1 is 1.62 bits per heavy atom. The number of carbonyl (C=O) groups excluding carboxylic acids is 1. The zero-order valence-electron chi connectivity index (χ0n) is 7.24. The Balaban J connectivity index is 2.30. The molecule has 0 aliphatic rings. The number of halogens is 1. The molecule has 0 aliphatic heterocycles. The van der Waals surface area contributed by atoms with Crippen LogP contribution in [-0.2, 0) is 9.53 Å². The van der Waals surface area contributed by atoms with E-state index in [0.29, 0.717) is 6.54 Å². The van der Waals surface area contributed by atoms with Gasteiger partial charge >= 0.3 is 5.97 Å². The van der Waals surface area contributed by atoms with Crippen LogP contribution in [0.1, 0.15) is 0 Å². The van der Waals surface area contributed by atoms with Gasteiger partial charge in [0.25, 0.3) is 0 Å². The van der Waals surface area contributed by atoms with Crippen LogP contribution in [0.4, 0.5) is 0 Å². The molecule has 1 rings (SSSR count). The molecule has 0 saturated heterocycles. The molecule has 0 aliphatic carbocycles. The van der Waals surface area contributed by atoms with Gasteiger partial charge in [0.15, 0.2) is 0 Å². The number of hydrogen-bond donors (Lipinski definition) is 1. The van der Waals surface area contributed by atoms with Gasteiger partial charge < -0.3 is 10.2 Å². The number of ether oxygens (including phenoxy) is 1. The second-order valence-electron chi connectivity index (χ2n) is 2.44. The first kappa shape index (κ1) is 10.1. The maximum Gasteiger partial charge on any atom is 0.321 e. The lowest BCUT2D eigenvalue weighted by Gasteiger charge is -2.10. The van der Waals surface area contributed by atoms with Gasteiger partial charge in [0.05, 0.1) is 13.7 Å². The van der Waals surface area contributed by atoms with Crippen LogP contribution in [0.15, 0.2) is 24.5 Å². The largest absolute Gasteiger partial charge is 0.468 e. The molecule has 13 heavy (non-hydrogen) atoms. The summed E-state index contributed by atoms with van der Waals surface area (Å²) < 4.78 is 6.32. The second kappa shape index (κ2) is 4.91. The zero-order chi connectivity index (χ0) is 9.68. The van der Waals surface area contributed by atoms with Crippen LogP contribution in [0, 0.1) is 0 Å². The first-order chi connectivity index (χ1) is 6.24. The minimum Gasteiger partial charge on any atom is -0.468 e. The van der Waals surface area contributed by atoms with E-state index in [9.17, 15) is 4.79 Å². The SMILES string of the molecule is COC(=O)C(Br)CNn1cccc1. The van der Waals surface area contributed by atoms with Crippen molar-refractivity contribution >= 4 is 21.9 Å². The first-order valence-electron chi connectivity index (χ1n) is 3.83. The molecule has 0 bridgehead atoms. The Labute approximate surface area is 85.0 Å². The fraction of sp³-hybridized carbons (Fsp3) is 0.375. The van der Waals surface area contributed by atoms with Crippen molar-refractivity contribution in [2.75, 3.05) is 19.1 Å². The van der Waals surface area contributed by atoms with E-state index in [4.69, 9.17) is 0 Å². The van der Waals surface area contributed by atoms with Crippen LogP contribution in [0.2, 0.25) is 0 Å². The quantitative estimate of drug-likeness (QED) is 0.636. The molecule has 1 atom stereocenters. The number of aromatic nitrogens is 1. The molecule has 72 valence electrons. The standard InChI is InChI=1S/C8H11BrN2O2/c1-13-8(12)7(9)6-10-11-4-2-3-5-11/h2-5,7,10H,6H2,1H3. The third-order valence-electron chi connectivity index (χ3n) is 1.51. The normalized spacial score (nSPS) is 12.2. The molecule has 0 radical (unpaired) electrons. The lowest BCUT2D eigenvalue weighted by Crippen LogP contribution is -2.28. The number of esters is 1. The minimum atomic E-state index is -0.320. The van der Waals surface area contributed by atoms with Gasteiger partial charge in [0.1, 0.15) is 4.83 Å². The van der Waals surface area contributed by atoms with Crippen molar-refractivity contribution in [3.63, 3.8) is 0 Å². The number of rotatable bonds is 4. The Bertz CT molecular complexity index is 261. The molecule has 1 heterocycles. The van der Waals surface area contributed by atoms with Gasteiger partial charge in [-0.25, -0.2) is 0 Å². The second-order valence-corrected chi connectivity index (χ2v) is 3.55. The summed E-state index contributed by atoms with van der Waals surface area (Å²) in [7, 11) is 1.37. The number of alkyl halides is 1. The molecule has 1 unspecified atom stereocenters. The summed E-state index contributed by atoms with van der Waals surface area (Å²) in [6.45, 7) is 0.487. The van der Waals surface area contributed by atoms with Gasteiger partial charge in [-0.1, -0.05) is 15.9 Å². The minimum absolute atomic E-state index is 0.278. The summed E-state index contributed by atoms with van der Waals surface area (Å²) in [6.07, 6.45) is 3.72. The fourth-order valence-electron chi connectivity index (χ4n) is 0.837. The van der Waals surface area contributed by atoms with Crippen molar-refractivity contribution in [2.45, 2.75) is 4.83 Å². The molecule has 5 heteroatoms. The van der Waals surface area contributed by atoms with Gasteiger partial charge in [-0.05, 0) is 12.1 Å². The summed E-state index contributed by atoms with van der Waals surface area (Å²) in [4.78, 5) is 10.6. The van der Waals surface area contributed by atoms with Gasteiger partial charge in [-0.3, -0.25) is 9.47 Å². The van der Waals surface area contributed by atoms with E-state index < -0.39 is 0 Å². The van der Waals surface area contributed by atoms with Crippen LogP contribution in [-0.4, -0.2) is 29.1 Å². The lowest BCUT2D eigenvalue weighted by atomic mass is 10.4. The highest BCUT2D eigenvalue weighted by molar-refractivity contribution is 9.10. The number of carbonyl (C=O) groups is 1. The Morgan fingerprint density at radius 2 is 2.23 bits per heavy atom. The van der Waals surface area contributed by atoms with Crippen molar-refractivity contribution in [1.29, 1.82) is 0 Å². The third kappa shape index (κ3) is 3.10. The highest BCUT2D eigenvalue weighted by Crippen LogP contribution is 2.00. The topological polar surface area (TPSA) is 43.3 Å². The van der Waals surface area contributed by atoms with Crippen LogP contribution in [0.25, 0.3) is 0 Å². The highest BCUT2D eigenvalue weighted by atomic mass is 79.9. The number of methoxy groups -OCH3 is 1. The smallest absolute Gasteiger partial charge is 0.321 e. The Hall–Kier alpha value is -0.970. The number of hydrogen-bond acceptors (Lipinski definition) is 3. The molecule has 1 aromatic heterocycles. The Kier molecular flexibility index (Phi) is 3.82. The summed E-state index contributed by atoms with van der Waals surface area (Å²) >= 11 is 3.20. The molecular weight excluding hydrogens is 236 g/mol. The zero-order valence-corrected chi connectivity index (χ0v) is 8.82. The molecule has 0 aromatic carbocycles. The van der Waals surface area contributed by atoms with Crippen LogP contribution in [0.5, 0.6) is 0 Å². The van der Waals surface area contributed by atoms with Crippen molar-refractivity contribution < 1.29 is 9.53 Å². The predicted octanol–water partition coefficient (Wildman–Crippen LogP) is 0.968. The summed E-state index contributed by atoms with van der Waals surface area (Å²) in [6, 6.07) is 3.79. The molecule has 0 saturated carbocycles. The summed E-state index contributed by atoms with van der Waals surface area (Å²) in [5, 5.41) is 0. The number of nitrogens with one attached hydrogen (secondary N) is 1. The molecule has 0 spiro atoms. The van der Waals surface area contributed by atoms with E-state index in [-0.39, 0.29) is 10.8 Å². The average molecular weight is 247 g/mol. The van der Waals surface area contributed by atoms with Crippen LogP contribution >= 0.6 is 15.9 Å².